The zero-order valence-electron chi connectivity index (χ0n) is 10.2. The van der Waals surface area contributed by atoms with E-state index in [1.807, 2.05) is 0 Å². The number of rotatable bonds is 8. The second kappa shape index (κ2) is 7.38. The van der Waals surface area contributed by atoms with E-state index in [9.17, 15) is 14.9 Å². The number of nitrogens with one attached hydrogen (secondary N) is 1. The third-order valence-electron chi connectivity index (χ3n) is 2.25. The fourth-order valence-corrected chi connectivity index (χ4v) is 1.32. The largest absolute Gasteiger partial charge is 0.385 e. The van der Waals surface area contributed by atoms with Gasteiger partial charge < -0.3 is 10.1 Å². The van der Waals surface area contributed by atoms with Gasteiger partial charge in [0.05, 0.1) is 4.92 Å². The van der Waals surface area contributed by atoms with Crippen molar-refractivity contribution in [3.05, 3.63) is 22.5 Å². The molecule has 0 aromatic carbocycles. The predicted molar refractivity (Wildman–Crippen MR) is 63.0 cm³/mol. The molecule has 1 aromatic heterocycles. The van der Waals surface area contributed by atoms with E-state index in [0.717, 1.165) is 12.6 Å². The lowest BCUT2D eigenvalue weighted by atomic mass is 10.3. The second-order valence-corrected chi connectivity index (χ2v) is 3.67. The van der Waals surface area contributed by atoms with E-state index in [0.29, 0.717) is 19.7 Å². The number of nitrogens with zero attached hydrogens (tertiary/aromatic N) is 3. The molecule has 1 aromatic rings. The minimum Gasteiger partial charge on any atom is -0.385 e. The van der Waals surface area contributed by atoms with Gasteiger partial charge in [-0.25, -0.2) is 0 Å². The third kappa shape index (κ3) is 4.91. The summed E-state index contributed by atoms with van der Waals surface area (Å²) < 4.78 is 6.23. The van der Waals surface area contributed by atoms with Gasteiger partial charge in [0.25, 0.3) is 0 Å². The quantitative estimate of drug-likeness (QED) is 0.410. The molecule has 0 aliphatic heterocycles. The second-order valence-electron chi connectivity index (χ2n) is 3.67. The van der Waals surface area contributed by atoms with Crippen LogP contribution in [0.3, 0.4) is 0 Å². The van der Waals surface area contributed by atoms with Crippen molar-refractivity contribution in [2.75, 3.05) is 20.3 Å². The Morgan fingerprint density at radius 2 is 2.44 bits per heavy atom. The summed E-state index contributed by atoms with van der Waals surface area (Å²) in [4.78, 5) is 21.3. The van der Waals surface area contributed by atoms with Crippen molar-refractivity contribution in [3.63, 3.8) is 0 Å². The average Bonchev–Trinajstić information content (AvgIpc) is 2.81. The molecule has 0 fully saturated rings. The number of hydrogen-bond acceptors (Lipinski definition) is 5. The number of nitro groups is 1. The van der Waals surface area contributed by atoms with Gasteiger partial charge in [0, 0.05) is 33.2 Å². The molecule has 0 saturated carbocycles. The number of hydrogen-bond donors (Lipinski definition) is 1. The molecule has 0 bridgehead atoms. The van der Waals surface area contributed by atoms with Gasteiger partial charge in [0.1, 0.15) is 12.4 Å². The van der Waals surface area contributed by atoms with Crippen LogP contribution in [-0.2, 0) is 16.1 Å². The number of aryl methyl sites for hydroxylation is 1. The van der Waals surface area contributed by atoms with Crippen molar-refractivity contribution >= 4 is 11.6 Å². The predicted octanol–water partition coefficient (Wildman–Crippen LogP) is 0.334. The highest BCUT2D eigenvalue weighted by molar-refractivity contribution is 5.75. The number of ether oxygens (including phenoxy) is 1. The van der Waals surface area contributed by atoms with Crippen molar-refractivity contribution in [3.8, 4) is 0 Å². The van der Waals surface area contributed by atoms with Gasteiger partial charge in [-0.15, -0.1) is 0 Å². The SMILES string of the molecule is COCCCNC(=O)CCn1cc([N+](=O)[O-])cn1. The first-order chi connectivity index (χ1) is 8.63. The van der Waals surface area contributed by atoms with Crippen molar-refractivity contribution in [1.82, 2.24) is 15.1 Å². The Morgan fingerprint density at radius 1 is 1.67 bits per heavy atom. The molecule has 1 heterocycles. The highest BCUT2D eigenvalue weighted by Crippen LogP contribution is 2.07. The van der Waals surface area contributed by atoms with Gasteiger partial charge in [0.15, 0.2) is 0 Å². The summed E-state index contributed by atoms with van der Waals surface area (Å²) in [6, 6.07) is 0. The Labute approximate surface area is 104 Å². The standard InChI is InChI=1S/C10H16N4O4/c1-18-6-2-4-11-10(15)3-5-13-8-9(7-12-13)14(16)17/h7-8H,2-6H2,1H3,(H,11,15). The van der Waals surface area contributed by atoms with Crippen LogP contribution in [0.2, 0.25) is 0 Å². The first-order valence-electron chi connectivity index (χ1n) is 5.56. The number of methoxy groups -OCH3 is 1. The van der Waals surface area contributed by atoms with Crippen molar-refractivity contribution < 1.29 is 14.5 Å². The molecule has 0 spiro atoms. The molecular weight excluding hydrogens is 240 g/mol. The normalized spacial score (nSPS) is 10.3. The van der Waals surface area contributed by atoms with E-state index in [2.05, 4.69) is 10.4 Å². The Kier molecular flexibility index (Phi) is 5.78. The van der Waals surface area contributed by atoms with E-state index in [1.165, 1.54) is 10.9 Å². The number of carbonyl (C=O) groups excluding carboxylic acids is 1. The van der Waals surface area contributed by atoms with E-state index in [-0.39, 0.29) is 18.0 Å². The molecule has 0 atom stereocenters. The fourth-order valence-electron chi connectivity index (χ4n) is 1.32. The minimum absolute atomic E-state index is 0.0736. The summed E-state index contributed by atoms with van der Waals surface area (Å²) in [5.41, 5.74) is -0.0736. The van der Waals surface area contributed by atoms with Crippen LogP contribution in [0.25, 0.3) is 0 Å². The third-order valence-corrected chi connectivity index (χ3v) is 2.25. The number of aromatic nitrogens is 2. The summed E-state index contributed by atoms with van der Waals surface area (Å²) in [6.07, 6.45) is 3.47. The first kappa shape index (κ1) is 14.1. The van der Waals surface area contributed by atoms with Gasteiger partial charge in [-0.2, -0.15) is 5.10 Å². The molecule has 1 amide bonds. The topological polar surface area (TPSA) is 99.3 Å². The maximum atomic E-state index is 11.4. The summed E-state index contributed by atoms with van der Waals surface area (Å²) >= 11 is 0. The number of amides is 1. The van der Waals surface area contributed by atoms with Gasteiger partial charge in [-0.05, 0) is 6.42 Å². The molecular formula is C10H16N4O4. The van der Waals surface area contributed by atoms with E-state index in [4.69, 9.17) is 4.74 Å². The molecule has 0 radical (unpaired) electrons. The summed E-state index contributed by atoms with van der Waals surface area (Å²) in [5.74, 6) is -0.107. The Bertz CT molecular complexity index is 404. The molecule has 0 saturated heterocycles. The first-order valence-corrected chi connectivity index (χ1v) is 5.56. The van der Waals surface area contributed by atoms with Crippen LogP contribution >= 0.6 is 0 Å². The average molecular weight is 256 g/mol. The monoisotopic (exact) mass is 256 g/mol. The van der Waals surface area contributed by atoms with Gasteiger partial charge in [-0.1, -0.05) is 0 Å². The van der Waals surface area contributed by atoms with Crippen molar-refractivity contribution in [2.45, 2.75) is 19.4 Å². The van der Waals surface area contributed by atoms with Crippen LogP contribution in [0.1, 0.15) is 12.8 Å². The summed E-state index contributed by atoms with van der Waals surface area (Å²) in [6.45, 7) is 1.49. The maximum absolute atomic E-state index is 11.4. The molecule has 8 nitrogen and oxygen atoms in total. The molecule has 1 rings (SSSR count). The molecule has 0 aliphatic carbocycles. The molecule has 0 aliphatic rings. The van der Waals surface area contributed by atoms with Crippen molar-refractivity contribution in [2.24, 2.45) is 0 Å². The lowest BCUT2D eigenvalue weighted by Crippen LogP contribution is -2.26. The van der Waals surface area contributed by atoms with Crippen LogP contribution in [-0.4, -0.2) is 40.9 Å². The van der Waals surface area contributed by atoms with Gasteiger partial charge in [-0.3, -0.25) is 19.6 Å². The maximum Gasteiger partial charge on any atom is 0.306 e. The van der Waals surface area contributed by atoms with Crippen LogP contribution in [0.5, 0.6) is 0 Å². The Balaban J connectivity index is 2.23. The van der Waals surface area contributed by atoms with E-state index < -0.39 is 4.92 Å². The Hall–Kier alpha value is -1.96. The summed E-state index contributed by atoms with van der Waals surface area (Å²) in [7, 11) is 1.60. The van der Waals surface area contributed by atoms with E-state index in [1.54, 1.807) is 7.11 Å². The fraction of sp³-hybridized carbons (Fsp3) is 0.600. The zero-order chi connectivity index (χ0) is 13.4. The molecule has 18 heavy (non-hydrogen) atoms. The molecule has 0 unspecified atom stereocenters. The molecule has 8 heteroatoms. The molecule has 1 N–H and O–H groups in total. The zero-order valence-corrected chi connectivity index (χ0v) is 10.2. The molecule has 100 valence electrons. The van der Waals surface area contributed by atoms with Crippen molar-refractivity contribution in [1.29, 1.82) is 0 Å². The van der Waals surface area contributed by atoms with Crippen LogP contribution in [0.15, 0.2) is 12.4 Å². The smallest absolute Gasteiger partial charge is 0.306 e. The van der Waals surface area contributed by atoms with Gasteiger partial charge in [0.2, 0.25) is 5.91 Å². The lowest BCUT2D eigenvalue weighted by Gasteiger charge is -2.04. The van der Waals surface area contributed by atoms with Crippen LogP contribution in [0, 0.1) is 10.1 Å². The highest BCUT2D eigenvalue weighted by Gasteiger charge is 2.09. The summed E-state index contributed by atoms with van der Waals surface area (Å²) in [5, 5.41) is 16.9. The van der Waals surface area contributed by atoms with Gasteiger partial charge >= 0.3 is 5.69 Å². The van der Waals surface area contributed by atoms with E-state index >= 15 is 0 Å². The van der Waals surface area contributed by atoms with Crippen LogP contribution in [0.4, 0.5) is 5.69 Å². The number of carbonyl (C=O) groups is 1. The highest BCUT2D eigenvalue weighted by atomic mass is 16.6. The Morgan fingerprint density at radius 3 is 3.06 bits per heavy atom. The minimum atomic E-state index is -0.520. The van der Waals surface area contributed by atoms with Crippen LogP contribution < -0.4 is 5.32 Å². The lowest BCUT2D eigenvalue weighted by molar-refractivity contribution is -0.385.